The van der Waals surface area contributed by atoms with Crippen molar-refractivity contribution in [3.05, 3.63) is 36.5 Å². The summed E-state index contributed by atoms with van der Waals surface area (Å²) >= 11 is 0. The van der Waals surface area contributed by atoms with Gasteiger partial charge in [0.05, 0.1) is 6.26 Å². The molecule has 1 aromatic carbocycles. The summed E-state index contributed by atoms with van der Waals surface area (Å²) in [4.78, 5) is 0. The Labute approximate surface area is 60.6 Å². The molecular weight excluding hydrogens is 123 g/mol. The van der Waals surface area contributed by atoms with Crippen LogP contribution in [0.25, 0.3) is 0 Å². The number of ether oxygens (including phenoxy) is 1. The quantitative estimate of drug-likeness (QED) is 0.467. The zero-order valence-corrected chi connectivity index (χ0v) is 5.58. The van der Waals surface area contributed by atoms with Crippen molar-refractivity contribution in [2.45, 2.75) is 0 Å². The molecule has 0 aromatic heterocycles. The minimum atomic E-state index is 0.991. The number of hydrogen-bond donors (Lipinski definition) is 0. The lowest BCUT2D eigenvalue weighted by Gasteiger charge is -2.08. The van der Waals surface area contributed by atoms with Crippen LogP contribution in [0, 0.1) is 0 Å². The van der Waals surface area contributed by atoms with Crippen molar-refractivity contribution in [1.29, 1.82) is 0 Å². The first-order valence-electron chi connectivity index (χ1n) is 3.36. The lowest BCUT2D eigenvalue weighted by molar-refractivity contribution is 0.484. The molecule has 0 fully saturated rings. The van der Waals surface area contributed by atoms with Crippen LogP contribution < -0.4 is 10.2 Å². The van der Waals surface area contributed by atoms with E-state index in [1.807, 2.05) is 24.2 Å². The number of para-hydroxylation sites is 1. The number of fused-ring (bicyclic) bond motifs is 1. The Morgan fingerprint density at radius 3 is 3.00 bits per heavy atom. The lowest BCUT2D eigenvalue weighted by Crippen LogP contribution is -2.17. The third-order valence-corrected chi connectivity index (χ3v) is 1.60. The highest BCUT2D eigenvalue weighted by Crippen LogP contribution is 2.08. The van der Waals surface area contributed by atoms with E-state index in [2.05, 4.69) is 6.07 Å². The molecule has 2 heteroatoms. The SMILES string of the molecule is B1C=COc2ccccc21. The van der Waals surface area contributed by atoms with Gasteiger partial charge in [0.1, 0.15) is 5.75 Å². The van der Waals surface area contributed by atoms with Gasteiger partial charge in [-0.25, -0.2) is 0 Å². The van der Waals surface area contributed by atoms with Crippen LogP contribution in [-0.2, 0) is 0 Å². The first-order valence-corrected chi connectivity index (χ1v) is 3.36. The topological polar surface area (TPSA) is 9.23 Å². The fourth-order valence-corrected chi connectivity index (χ4v) is 1.08. The summed E-state index contributed by atoms with van der Waals surface area (Å²) in [7, 11) is 0.996. The standard InChI is InChI=1S/C8H7BO/c1-2-4-8-7(3-1)9-5-6-10-8/h1-6,9H. The van der Waals surface area contributed by atoms with Crippen LogP contribution >= 0.6 is 0 Å². The summed E-state index contributed by atoms with van der Waals surface area (Å²) in [5.41, 5.74) is 1.27. The number of hydrogen-bond acceptors (Lipinski definition) is 1. The molecule has 10 heavy (non-hydrogen) atoms. The van der Waals surface area contributed by atoms with Gasteiger partial charge in [0.15, 0.2) is 7.28 Å². The summed E-state index contributed by atoms with van der Waals surface area (Å²) in [6.45, 7) is 0. The zero-order valence-electron chi connectivity index (χ0n) is 5.58. The molecular formula is C8H7BO. The minimum absolute atomic E-state index is 0.991. The van der Waals surface area contributed by atoms with E-state index >= 15 is 0 Å². The molecule has 0 radical (unpaired) electrons. The first-order chi connectivity index (χ1) is 4.97. The fourth-order valence-electron chi connectivity index (χ4n) is 1.08. The van der Waals surface area contributed by atoms with Gasteiger partial charge in [0.25, 0.3) is 0 Å². The molecule has 0 bridgehead atoms. The van der Waals surface area contributed by atoms with Gasteiger partial charge < -0.3 is 4.74 Å². The monoisotopic (exact) mass is 130 g/mol. The molecule has 1 aliphatic heterocycles. The van der Waals surface area contributed by atoms with Crippen molar-refractivity contribution < 1.29 is 4.74 Å². The van der Waals surface area contributed by atoms with Gasteiger partial charge in [-0.2, -0.15) is 0 Å². The highest BCUT2D eigenvalue weighted by atomic mass is 16.5. The van der Waals surface area contributed by atoms with Crippen LogP contribution in [0.15, 0.2) is 36.5 Å². The van der Waals surface area contributed by atoms with E-state index in [1.54, 1.807) is 6.26 Å². The smallest absolute Gasteiger partial charge is 0.191 e. The molecule has 0 amide bonds. The second kappa shape index (κ2) is 2.22. The Hall–Kier alpha value is -1.18. The van der Waals surface area contributed by atoms with Crippen LogP contribution in [-0.4, -0.2) is 7.28 Å². The molecule has 1 nitrogen and oxygen atoms in total. The Balaban J connectivity index is 2.47. The van der Waals surface area contributed by atoms with Crippen LogP contribution in [0.1, 0.15) is 0 Å². The normalized spacial score (nSPS) is 13.2. The fraction of sp³-hybridized carbons (Fsp3) is 0. The van der Waals surface area contributed by atoms with Gasteiger partial charge in [-0.05, 0) is 11.5 Å². The van der Waals surface area contributed by atoms with E-state index in [0.29, 0.717) is 0 Å². The molecule has 48 valence electrons. The molecule has 0 saturated carbocycles. The van der Waals surface area contributed by atoms with E-state index in [9.17, 15) is 0 Å². The molecule has 1 aliphatic rings. The van der Waals surface area contributed by atoms with Gasteiger partial charge in [-0.15, -0.1) is 0 Å². The average Bonchev–Trinajstić information content (AvgIpc) is 2.05. The van der Waals surface area contributed by atoms with Crippen LogP contribution in [0.4, 0.5) is 0 Å². The van der Waals surface area contributed by atoms with Crippen LogP contribution in [0.5, 0.6) is 5.75 Å². The first kappa shape index (κ1) is 5.60. The molecule has 0 atom stereocenters. The Bertz CT molecular complexity index is 241. The predicted octanol–water partition coefficient (Wildman–Crippen LogP) is 0.612. The summed E-state index contributed by atoms with van der Waals surface area (Å²) in [5.74, 6) is 3.01. The van der Waals surface area contributed by atoms with Crippen molar-refractivity contribution in [2.24, 2.45) is 0 Å². The van der Waals surface area contributed by atoms with Crippen molar-refractivity contribution in [2.75, 3.05) is 0 Å². The molecule has 2 rings (SSSR count). The summed E-state index contributed by atoms with van der Waals surface area (Å²) in [6, 6.07) is 8.08. The summed E-state index contributed by atoms with van der Waals surface area (Å²) in [5, 5.41) is 0. The maximum absolute atomic E-state index is 5.24. The minimum Gasteiger partial charge on any atom is -0.467 e. The van der Waals surface area contributed by atoms with Crippen LogP contribution in [0.2, 0.25) is 0 Å². The van der Waals surface area contributed by atoms with E-state index in [4.69, 9.17) is 4.74 Å². The second-order valence-corrected chi connectivity index (χ2v) is 2.30. The zero-order chi connectivity index (χ0) is 6.81. The molecule has 1 aromatic rings. The maximum atomic E-state index is 5.24. The van der Waals surface area contributed by atoms with Gasteiger partial charge in [0, 0.05) is 0 Å². The highest BCUT2D eigenvalue weighted by Gasteiger charge is 2.03. The third-order valence-electron chi connectivity index (χ3n) is 1.60. The van der Waals surface area contributed by atoms with E-state index in [-0.39, 0.29) is 0 Å². The summed E-state index contributed by atoms with van der Waals surface area (Å²) < 4.78 is 5.24. The lowest BCUT2D eigenvalue weighted by atomic mass is 9.69. The van der Waals surface area contributed by atoms with E-state index in [1.165, 1.54) is 5.46 Å². The molecule has 0 unspecified atom stereocenters. The molecule has 0 spiro atoms. The van der Waals surface area contributed by atoms with Gasteiger partial charge in [-0.1, -0.05) is 24.2 Å². The molecule has 0 saturated heterocycles. The molecule has 1 heterocycles. The van der Waals surface area contributed by atoms with Gasteiger partial charge in [-0.3, -0.25) is 0 Å². The van der Waals surface area contributed by atoms with E-state index in [0.717, 1.165) is 13.0 Å². The third kappa shape index (κ3) is 0.818. The van der Waals surface area contributed by atoms with Crippen molar-refractivity contribution in [3.8, 4) is 5.75 Å². The Morgan fingerprint density at radius 1 is 1.20 bits per heavy atom. The van der Waals surface area contributed by atoms with Crippen LogP contribution in [0.3, 0.4) is 0 Å². The van der Waals surface area contributed by atoms with Gasteiger partial charge >= 0.3 is 0 Å². The summed E-state index contributed by atoms with van der Waals surface area (Å²) in [6.07, 6.45) is 1.74. The molecule has 0 aliphatic carbocycles. The predicted molar refractivity (Wildman–Crippen MR) is 43.0 cm³/mol. The second-order valence-electron chi connectivity index (χ2n) is 2.30. The number of benzene rings is 1. The highest BCUT2D eigenvalue weighted by molar-refractivity contribution is 6.59. The maximum Gasteiger partial charge on any atom is 0.191 e. The van der Waals surface area contributed by atoms with Crippen molar-refractivity contribution in [3.63, 3.8) is 0 Å². The molecule has 0 N–H and O–H groups in total. The van der Waals surface area contributed by atoms with Crippen molar-refractivity contribution >= 4 is 12.7 Å². The van der Waals surface area contributed by atoms with Gasteiger partial charge in [0.2, 0.25) is 0 Å². The average molecular weight is 130 g/mol. The Morgan fingerprint density at radius 2 is 2.10 bits per heavy atom. The van der Waals surface area contributed by atoms with Crippen molar-refractivity contribution in [1.82, 2.24) is 0 Å². The largest absolute Gasteiger partial charge is 0.467 e. The number of rotatable bonds is 0. The van der Waals surface area contributed by atoms with E-state index < -0.39 is 0 Å². The Kier molecular flexibility index (Phi) is 1.24.